The van der Waals surface area contributed by atoms with Crippen LogP contribution in [0.5, 0.6) is 0 Å². The van der Waals surface area contributed by atoms with Crippen LogP contribution >= 0.6 is 12.4 Å². The van der Waals surface area contributed by atoms with Gasteiger partial charge in [-0.25, -0.2) is 4.98 Å². The van der Waals surface area contributed by atoms with Crippen LogP contribution in [-0.2, 0) is 22.6 Å². The fourth-order valence-corrected chi connectivity index (χ4v) is 3.54. The largest absolute Gasteiger partial charge is 0.459 e. The van der Waals surface area contributed by atoms with E-state index in [0.29, 0.717) is 25.2 Å². The lowest BCUT2D eigenvalue weighted by molar-refractivity contribution is -0.125. The van der Waals surface area contributed by atoms with Crippen LogP contribution in [0.3, 0.4) is 0 Å². The number of nitrogens with two attached hydrogens (primary N) is 1. The Morgan fingerprint density at radius 1 is 1.39 bits per heavy atom. The summed E-state index contributed by atoms with van der Waals surface area (Å²) in [7, 11) is 1.74. The summed E-state index contributed by atoms with van der Waals surface area (Å²) in [6, 6.07) is 9.23. The van der Waals surface area contributed by atoms with Gasteiger partial charge in [-0.2, -0.15) is 0 Å². The first-order chi connectivity index (χ1) is 14.4. The number of para-hydroxylation sites is 1. The predicted molar refractivity (Wildman–Crippen MR) is 123 cm³/mol. The lowest BCUT2D eigenvalue weighted by Crippen LogP contribution is -2.34. The molecule has 3 heterocycles. The van der Waals surface area contributed by atoms with Gasteiger partial charge in [0.2, 0.25) is 11.8 Å². The zero-order valence-electron chi connectivity index (χ0n) is 17.4. The Labute approximate surface area is 186 Å². The first-order valence-corrected chi connectivity index (χ1v) is 9.88. The van der Waals surface area contributed by atoms with E-state index in [0.717, 1.165) is 33.4 Å². The number of hydrogen-bond acceptors (Lipinski definition) is 5. The van der Waals surface area contributed by atoms with Crippen LogP contribution < -0.4 is 11.1 Å². The van der Waals surface area contributed by atoms with Crippen molar-refractivity contribution in [2.45, 2.75) is 32.4 Å². The maximum atomic E-state index is 12.6. The van der Waals surface area contributed by atoms with Gasteiger partial charge in [-0.15, -0.1) is 12.4 Å². The average Bonchev–Trinajstić information content (AvgIpc) is 2.98. The lowest BCUT2D eigenvalue weighted by Gasteiger charge is -2.14. The van der Waals surface area contributed by atoms with Gasteiger partial charge in [-0.3, -0.25) is 9.59 Å². The number of anilines is 1. The van der Waals surface area contributed by atoms with E-state index in [1.165, 1.54) is 6.08 Å². The average molecular weight is 441 g/mol. The van der Waals surface area contributed by atoms with Crippen molar-refractivity contribution in [1.29, 1.82) is 0 Å². The monoisotopic (exact) mass is 440 g/mol. The van der Waals surface area contributed by atoms with Gasteiger partial charge >= 0.3 is 0 Å². The number of benzene rings is 1. The molecule has 1 aliphatic rings. The summed E-state index contributed by atoms with van der Waals surface area (Å²) in [4.78, 5) is 30.3. The molecule has 0 spiro atoms. The van der Waals surface area contributed by atoms with Crippen LogP contribution in [0.25, 0.3) is 17.0 Å². The van der Waals surface area contributed by atoms with E-state index in [4.69, 9.17) is 10.2 Å². The molecule has 0 saturated heterocycles. The van der Waals surface area contributed by atoms with Crippen molar-refractivity contribution < 1.29 is 14.0 Å². The summed E-state index contributed by atoms with van der Waals surface area (Å²) in [5.74, 6) is 0.954. The number of rotatable bonds is 4. The standard InChI is InChI=1S/C23H24N4O3.ClH/c1-14-17-5-3-4-6-19(17)30-20(14)13-27(2)21(28)10-7-15-11-16-8-9-18(24)23(29)26-22(16)25-12-15;/h3-7,10-12,18H,8-9,13,24H2,1-2H3,(H,25,26,29);1H/b10-7+;/t18-;/m0./s1. The minimum atomic E-state index is -0.532. The molecule has 0 bridgehead atoms. The number of nitrogens with one attached hydrogen (secondary N) is 1. The number of hydrogen-bond donors (Lipinski definition) is 2. The second kappa shape index (κ2) is 9.32. The Morgan fingerprint density at radius 3 is 2.94 bits per heavy atom. The maximum absolute atomic E-state index is 12.6. The molecular weight excluding hydrogens is 416 g/mol. The molecule has 1 aromatic carbocycles. The molecule has 8 heteroatoms. The lowest BCUT2D eigenvalue weighted by atomic mass is 10.1. The number of halogens is 1. The van der Waals surface area contributed by atoms with Gasteiger partial charge in [0.1, 0.15) is 17.2 Å². The van der Waals surface area contributed by atoms with Crippen molar-refractivity contribution >= 4 is 47.1 Å². The number of pyridine rings is 1. The van der Waals surface area contributed by atoms with Crippen molar-refractivity contribution in [3.05, 3.63) is 65.1 Å². The van der Waals surface area contributed by atoms with Gasteiger partial charge in [0.05, 0.1) is 12.6 Å². The number of carbonyl (C=O) groups excluding carboxylic acids is 2. The Morgan fingerprint density at radius 2 is 2.16 bits per heavy atom. The smallest absolute Gasteiger partial charge is 0.246 e. The fourth-order valence-electron chi connectivity index (χ4n) is 3.54. The molecule has 3 N–H and O–H groups in total. The van der Waals surface area contributed by atoms with E-state index < -0.39 is 6.04 Å². The Hall–Kier alpha value is -3.16. The molecule has 1 atom stereocenters. The number of furan rings is 1. The SMILES string of the molecule is Cc1c(CN(C)C(=O)/C=C/c2cnc3c(c2)CC[C@H](N)C(=O)N3)oc2ccccc12.Cl. The molecule has 1 aliphatic heterocycles. The van der Waals surface area contributed by atoms with Crippen LogP contribution in [0, 0.1) is 6.92 Å². The van der Waals surface area contributed by atoms with E-state index >= 15 is 0 Å². The van der Waals surface area contributed by atoms with E-state index in [9.17, 15) is 9.59 Å². The second-order valence-corrected chi connectivity index (χ2v) is 7.58. The third kappa shape index (κ3) is 4.78. The van der Waals surface area contributed by atoms with E-state index in [-0.39, 0.29) is 24.2 Å². The topological polar surface area (TPSA) is 101 Å². The number of aromatic nitrogens is 1. The summed E-state index contributed by atoms with van der Waals surface area (Å²) >= 11 is 0. The van der Waals surface area contributed by atoms with E-state index in [2.05, 4.69) is 10.3 Å². The molecule has 0 saturated carbocycles. The highest BCUT2D eigenvalue weighted by Gasteiger charge is 2.21. The van der Waals surface area contributed by atoms with Crippen LogP contribution in [0.1, 0.15) is 28.9 Å². The van der Waals surface area contributed by atoms with Gasteiger partial charge in [0, 0.05) is 30.3 Å². The number of fused-ring (bicyclic) bond motifs is 2. The van der Waals surface area contributed by atoms with Crippen molar-refractivity contribution in [2.24, 2.45) is 5.73 Å². The van der Waals surface area contributed by atoms with Crippen LogP contribution in [0.4, 0.5) is 5.82 Å². The summed E-state index contributed by atoms with van der Waals surface area (Å²) < 4.78 is 5.90. The molecule has 0 fully saturated rings. The van der Waals surface area contributed by atoms with Gasteiger partial charge in [-0.05, 0) is 49.1 Å². The number of carbonyl (C=O) groups is 2. The zero-order chi connectivity index (χ0) is 21.3. The summed E-state index contributed by atoms with van der Waals surface area (Å²) in [5.41, 5.74) is 9.39. The molecule has 2 amide bonds. The minimum Gasteiger partial charge on any atom is -0.459 e. The number of amides is 2. The Bertz CT molecular complexity index is 1150. The first kappa shape index (κ1) is 22.5. The summed E-state index contributed by atoms with van der Waals surface area (Å²) in [6.45, 7) is 2.39. The van der Waals surface area contributed by atoms with Gasteiger partial charge in [-0.1, -0.05) is 18.2 Å². The highest BCUT2D eigenvalue weighted by atomic mass is 35.5. The zero-order valence-corrected chi connectivity index (χ0v) is 18.2. The third-order valence-corrected chi connectivity index (χ3v) is 5.41. The van der Waals surface area contributed by atoms with Gasteiger partial charge in [0.25, 0.3) is 0 Å². The Kier molecular flexibility index (Phi) is 6.77. The molecule has 162 valence electrons. The molecule has 0 unspecified atom stereocenters. The summed E-state index contributed by atoms with van der Waals surface area (Å²) in [6.07, 6.45) is 6.09. The van der Waals surface area contributed by atoms with Crippen LogP contribution in [-0.4, -0.2) is 34.8 Å². The normalized spacial score (nSPS) is 15.8. The molecular formula is C23H25ClN4O3. The van der Waals surface area contributed by atoms with Crippen molar-refractivity contribution in [3.63, 3.8) is 0 Å². The van der Waals surface area contributed by atoms with Gasteiger partial charge in [0.15, 0.2) is 0 Å². The van der Waals surface area contributed by atoms with E-state index in [1.807, 2.05) is 37.3 Å². The highest BCUT2D eigenvalue weighted by molar-refractivity contribution is 5.95. The van der Waals surface area contributed by atoms with Crippen LogP contribution in [0.15, 0.2) is 47.0 Å². The molecule has 4 rings (SSSR count). The van der Waals surface area contributed by atoms with Crippen molar-refractivity contribution in [3.8, 4) is 0 Å². The molecule has 0 radical (unpaired) electrons. The van der Waals surface area contributed by atoms with Crippen LogP contribution in [0.2, 0.25) is 0 Å². The fraction of sp³-hybridized carbons (Fsp3) is 0.261. The molecule has 31 heavy (non-hydrogen) atoms. The van der Waals surface area contributed by atoms with Crippen molar-refractivity contribution in [1.82, 2.24) is 9.88 Å². The Balaban J connectivity index is 0.00000272. The maximum Gasteiger partial charge on any atom is 0.246 e. The number of likely N-dealkylation sites (N-methyl/N-ethyl adjacent to an activating group) is 1. The molecule has 7 nitrogen and oxygen atoms in total. The molecule has 2 aromatic heterocycles. The quantitative estimate of drug-likeness (QED) is 0.605. The highest BCUT2D eigenvalue weighted by Crippen LogP contribution is 2.26. The second-order valence-electron chi connectivity index (χ2n) is 7.58. The minimum absolute atomic E-state index is 0. The van der Waals surface area contributed by atoms with E-state index in [1.54, 1.807) is 24.2 Å². The molecule has 0 aliphatic carbocycles. The number of aryl methyl sites for hydroxylation is 2. The first-order valence-electron chi connectivity index (χ1n) is 9.88. The summed E-state index contributed by atoms with van der Waals surface area (Å²) in [5, 5.41) is 3.80. The van der Waals surface area contributed by atoms with Crippen molar-refractivity contribution in [2.75, 3.05) is 12.4 Å². The third-order valence-electron chi connectivity index (χ3n) is 5.41. The van der Waals surface area contributed by atoms with Gasteiger partial charge < -0.3 is 20.4 Å². The number of nitrogens with zero attached hydrogens (tertiary/aromatic N) is 2. The predicted octanol–water partition coefficient (Wildman–Crippen LogP) is 3.44. The molecule has 3 aromatic rings.